The van der Waals surface area contributed by atoms with Crippen LogP contribution in [0.4, 0.5) is 0 Å². The van der Waals surface area contributed by atoms with Crippen LogP contribution in [0.5, 0.6) is 0 Å². The van der Waals surface area contributed by atoms with Crippen LogP contribution < -0.4 is 0 Å². The summed E-state index contributed by atoms with van der Waals surface area (Å²) >= 11 is 0. The number of hydrogen-bond acceptors (Lipinski definition) is 6. The first-order valence-corrected chi connectivity index (χ1v) is 8.83. The van der Waals surface area contributed by atoms with Gasteiger partial charge in [0.15, 0.2) is 6.10 Å². The second kappa shape index (κ2) is 9.97. The highest BCUT2D eigenvalue weighted by Gasteiger charge is 2.33. The third kappa shape index (κ3) is 5.88. The lowest BCUT2D eigenvalue weighted by molar-refractivity contribution is -0.157. The summed E-state index contributed by atoms with van der Waals surface area (Å²) in [5.74, 6) is -0.178. The number of hydrogen-bond donors (Lipinski definition) is 0. The van der Waals surface area contributed by atoms with E-state index in [-0.39, 0.29) is 24.6 Å². The molecule has 1 aliphatic heterocycles. The fraction of sp³-hybridized carbons (Fsp3) is 0.500. The van der Waals surface area contributed by atoms with Gasteiger partial charge in [-0.05, 0) is 25.8 Å². The van der Waals surface area contributed by atoms with Crippen LogP contribution in [0.15, 0.2) is 41.7 Å². The number of carbonyl (C=O) groups excluding carboxylic acids is 2. The van der Waals surface area contributed by atoms with Crippen molar-refractivity contribution in [3.8, 4) is 0 Å². The highest BCUT2D eigenvalue weighted by atomic mass is 16.6. The first kappa shape index (κ1) is 20.0. The van der Waals surface area contributed by atoms with Crippen molar-refractivity contribution in [2.75, 3.05) is 13.2 Å². The fourth-order valence-electron chi connectivity index (χ4n) is 2.76. The second-order valence-corrected chi connectivity index (χ2v) is 6.11. The SMILES string of the molecule is CCOC(=O)/C(C)=C1/CC[C@H]([C@H](COCc2ccccc2)OC(C)=O)O1. The summed E-state index contributed by atoms with van der Waals surface area (Å²) in [4.78, 5) is 23.3. The van der Waals surface area contributed by atoms with Gasteiger partial charge in [-0.1, -0.05) is 30.3 Å². The predicted molar refractivity (Wildman–Crippen MR) is 95.1 cm³/mol. The molecule has 0 spiro atoms. The molecule has 0 aromatic heterocycles. The minimum Gasteiger partial charge on any atom is -0.490 e. The number of esters is 2. The zero-order chi connectivity index (χ0) is 18.9. The Morgan fingerprint density at radius 2 is 1.96 bits per heavy atom. The van der Waals surface area contributed by atoms with E-state index in [1.165, 1.54) is 6.92 Å². The predicted octanol–water partition coefficient (Wildman–Crippen LogP) is 3.15. The summed E-state index contributed by atoms with van der Waals surface area (Å²) in [6, 6.07) is 9.76. The Bertz CT molecular complexity index is 637. The average molecular weight is 362 g/mol. The van der Waals surface area contributed by atoms with Crippen molar-refractivity contribution >= 4 is 11.9 Å². The van der Waals surface area contributed by atoms with Crippen LogP contribution in [0.3, 0.4) is 0 Å². The van der Waals surface area contributed by atoms with Gasteiger partial charge in [0.25, 0.3) is 0 Å². The Morgan fingerprint density at radius 1 is 1.23 bits per heavy atom. The van der Waals surface area contributed by atoms with Gasteiger partial charge in [0, 0.05) is 13.3 Å². The van der Waals surface area contributed by atoms with Crippen molar-refractivity contribution in [2.45, 2.75) is 52.4 Å². The molecule has 6 nitrogen and oxygen atoms in total. The Balaban J connectivity index is 1.95. The zero-order valence-corrected chi connectivity index (χ0v) is 15.5. The van der Waals surface area contributed by atoms with E-state index in [1.54, 1.807) is 13.8 Å². The molecule has 2 rings (SSSR count). The van der Waals surface area contributed by atoms with Crippen molar-refractivity contribution in [1.82, 2.24) is 0 Å². The van der Waals surface area contributed by atoms with Gasteiger partial charge in [-0.3, -0.25) is 4.79 Å². The molecule has 0 amide bonds. The third-order valence-corrected chi connectivity index (χ3v) is 4.08. The molecule has 6 heteroatoms. The first-order chi connectivity index (χ1) is 12.5. The molecule has 26 heavy (non-hydrogen) atoms. The second-order valence-electron chi connectivity index (χ2n) is 6.11. The topological polar surface area (TPSA) is 71.1 Å². The van der Waals surface area contributed by atoms with Crippen molar-refractivity contribution < 1.29 is 28.5 Å². The molecule has 0 N–H and O–H groups in total. The summed E-state index contributed by atoms with van der Waals surface area (Å²) in [5, 5.41) is 0. The van der Waals surface area contributed by atoms with Gasteiger partial charge in [-0.2, -0.15) is 0 Å². The monoisotopic (exact) mass is 362 g/mol. The van der Waals surface area contributed by atoms with E-state index in [9.17, 15) is 9.59 Å². The van der Waals surface area contributed by atoms with Gasteiger partial charge in [0.2, 0.25) is 0 Å². The van der Waals surface area contributed by atoms with Crippen molar-refractivity contribution in [1.29, 1.82) is 0 Å². The molecule has 1 saturated heterocycles. The van der Waals surface area contributed by atoms with Crippen LogP contribution in [0, 0.1) is 0 Å². The Hall–Kier alpha value is -2.34. The van der Waals surface area contributed by atoms with Crippen molar-refractivity contribution in [3.63, 3.8) is 0 Å². The van der Waals surface area contributed by atoms with E-state index in [0.717, 1.165) is 5.56 Å². The fourth-order valence-corrected chi connectivity index (χ4v) is 2.76. The largest absolute Gasteiger partial charge is 0.490 e. The number of ether oxygens (including phenoxy) is 4. The number of allylic oxidation sites excluding steroid dienone is 1. The van der Waals surface area contributed by atoms with Gasteiger partial charge >= 0.3 is 11.9 Å². The van der Waals surface area contributed by atoms with Crippen LogP contribution in [-0.2, 0) is 35.1 Å². The molecule has 1 heterocycles. The van der Waals surface area contributed by atoms with Gasteiger partial charge in [0.1, 0.15) is 11.9 Å². The highest BCUT2D eigenvalue weighted by Crippen LogP contribution is 2.29. The normalized spacial score (nSPS) is 19.4. The van der Waals surface area contributed by atoms with Gasteiger partial charge in [0.05, 0.1) is 25.4 Å². The lowest BCUT2D eigenvalue weighted by Gasteiger charge is -2.23. The van der Waals surface area contributed by atoms with Crippen LogP contribution in [0.1, 0.15) is 39.2 Å². The average Bonchev–Trinajstić information content (AvgIpc) is 3.11. The molecule has 2 atom stereocenters. The molecule has 1 aromatic carbocycles. The van der Waals surface area contributed by atoms with E-state index in [0.29, 0.717) is 37.4 Å². The Kier molecular flexibility index (Phi) is 7.66. The summed E-state index contributed by atoms with van der Waals surface area (Å²) < 4.78 is 22.0. The first-order valence-electron chi connectivity index (χ1n) is 8.83. The minimum absolute atomic E-state index is 0.227. The van der Waals surface area contributed by atoms with Crippen LogP contribution in [-0.4, -0.2) is 37.4 Å². The van der Waals surface area contributed by atoms with E-state index >= 15 is 0 Å². The van der Waals surface area contributed by atoms with Gasteiger partial charge in [-0.15, -0.1) is 0 Å². The molecule has 142 valence electrons. The molecule has 1 aromatic rings. The number of carbonyl (C=O) groups is 2. The maximum atomic E-state index is 11.8. The van der Waals surface area contributed by atoms with E-state index < -0.39 is 6.10 Å². The van der Waals surface area contributed by atoms with Gasteiger partial charge in [-0.25, -0.2) is 4.79 Å². The molecule has 0 unspecified atom stereocenters. The van der Waals surface area contributed by atoms with Crippen LogP contribution in [0.2, 0.25) is 0 Å². The van der Waals surface area contributed by atoms with Crippen molar-refractivity contribution in [3.05, 3.63) is 47.2 Å². The maximum Gasteiger partial charge on any atom is 0.337 e. The highest BCUT2D eigenvalue weighted by molar-refractivity contribution is 5.88. The number of benzene rings is 1. The Labute approximate surface area is 154 Å². The summed E-state index contributed by atoms with van der Waals surface area (Å²) in [7, 11) is 0. The molecule has 0 bridgehead atoms. The molecule has 1 aliphatic rings. The molecular formula is C20H26O6. The molecule has 0 saturated carbocycles. The number of rotatable bonds is 8. The standard InChI is InChI=1S/C20H26O6/c1-4-24-20(22)14(2)17-10-11-18(26-17)19(25-15(3)21)13-23-12-16-8-6-5-7-9-16/h5-9,18-19H,4,10-13H2,1-3H3/b17-14-/t18-,19+/m1/s1. The van der Waals surface area contributed by atoms with Crippen LogP contribution in [0.25, 0.3) is 0 Å². The maximum absolute atomic E-state index is 11.8. The van der Waals surface area contributed by atoms with Crippen LogP contribution >= 0.6 is 0 Å². The van der Waals surface area contributed by atoms with Crippen molar-refractivity contribution in [2.24, 2.45) is 0 Å². The lowest BCUT2D eigenvalue weighted by Crippen LogP contribution is -2.34. The quantitative estimate of drug-likeness (QED) is 0.523. The molecule has 0 aliphatic carbocycles. The summed E-state index contributed by atoms with van der Waals surface area (Å²) in [5.41, 5.74) is 1.50. The molecule has 0 radical (unpaired) electrons. The van der Waals surface area contributed by atoms with E-state index in [2.05, 4.69) is 0 Å². The van der Waals surface area contributed by atoms with Gasteiger partial charge < -0.3 is 18.9 Å². The summed E-state index contributed by atoms with van der Waals surface area (Å²) in [6.45, 7) is 5.77. The van der Waals surface area contributed by atoms with E-state index in [1.807, 2.05) is 30.3 Å². The minimum atomic E-state index is -0.524. The smallest absolute Gasteiger partial charge is 0.337 e. The molecular weight excluding hydrogens is 336 g/mol. The zero-order valence-electron chi connectivity index (χ0n) is 15.5. The van der Waals surface area contributed by atoms with E-state index in [4.69, 9.17) is 18.9 Å². The molecule has 1 fully saturated rings. The summed E-state index contributed by atoms with van der Waals surface area (Å²) in [6.07, 6.45) is 0.391. The lowest BCUT2D eigenvalue weighted by atomic mass is 10.1. The Morgan fingerprint density at radius 3 is 2.62 bits per heavy atom. The third-order valence-electron chi connectivity index (χ3n) is 4.08.